The molecule has 3 nitrogen and oxygen atoms in total. The highest BCUT2D eigenvalue weighted by Crippen LogP contribution is 2.30. The zero-order valence-electron chi connectivity index (χ0n) is 11.2. The van der Waals surface area contributed by atoms with E-state index in [1.807, 2.05) is 13.8 Å². The first kappa shape index (κ1) is 14.0. The number of anilines is 1. The second kappa shape index (κ2) is 6.12. The van der Waals surface area contributed by atoms with Crippen molar-refractivity contribution >= 4 is 16.5 Å². The molecule has 0 spiro atoms. The molecule has 5 heteroatoms. The van der Waals surface area contributed by atoms with E-state index in [1.54, 1.807) is 30.6 Å². The van der Waals surface area contributed by atoms with Crippen LogP contribution in [0.25, 0.3) is 11.3 Å². The van der Waals surface area contributed by atoms with Crippen LogP contribution in [-0.2, 0) is 4.74 Å². The van der Waals surface area contributed by atoms with Crippen molar-refractivity contribution in [3.05, 3.63) is 35.0 Å². The largest absolute Gasteiger partial charge is 0.383 e. The first-order valence-corrected chi connectivity index (χ1v) is 6.90. The maximum Gasteiger partial charge on any atom is 0.183 e. The van der Waals surface area contributed by atoms with Crippen LogP contribution in [0.15, 0.2) is 24.3 Å². The zero-order valence-corrected chi connectivity index (χ0v) is 12.1. The summed E-state index contributed by atoms with van der Waals surface area (Å²) in [5.41, 5.74) is 1.83. The summed E-state index contributed by atoms with van der Waals surface area (Å²) in [4.78, 5) is 5.67. The molecule has 0 aliphatic rings. The van der Waals surface area contributed by atoms with Crippen molar-refractivity contribution in [2.75, 3.05) is 19.0 Å². The lowest BCUT2D eigenvalue weighted by molar-refractivity contribution is 0.190. The summed E-state index contributed by atoms with van der Waals surface area (Å²) in [5.74, 6) is -0.233. The maximum absolute atomic E-state index is 12.9. The van der Waals surface area contributed by atoms with Gasteiger partial charge in [0.25, 0.3) is 0 Å². The Morgan fingerprint density at radius 3 is 2.68 bits per heavy atom. The van der Waals surface area contributed by atoms with Crippen LogP contribution in [-0.4, -0.2) is 24.7 Å². The molecule has 0 radical (unpaired) electrons. The summed E-state index contributed by atoms with van der Waals surface area (Å²) in [6.07, 6.45) is 0. The number of hydrogen-bond acceptors (Lipinski definition) is 4. The molecule has 2 rings (SSSR count). The zero-order chi connectivity index (χ0) is 13.8. The van der Waals surface area contributed by atoms with Gasteiger partial charge in [0.05, 0.1) is 12.3 Å². The van der Waals surface area contributed by atoms with Crippen molar-refractivity contribution in [2.45, 2.75) is 19.9 Å². The number of rotatable bonds is 5. The van der Waals surface area contributed by atoms with Gasteiger partial charge in [0.15, 0.2) is 5.13 Å². The van der Waals surface area contributed by atoms with Gasteiger partial charge < -0.3 is 10.1 Å². The molecule has 0 aliphatic heterocycles. The quantitative estimate of drug-likeness (QED) is 0.906. The lowest BCUT2D eigenvalue weighted by atomic mass is 10.1. The number of benzene rings is 1. The van der Waals surface area contributed by atoms with Crippen molar-refractivity contribution < 1.29 is 9.13 Å². The van der Waals surface area contributed by atoms with Gasteiger partial charge in [-0.05, 0) is 38.1 Å². The number of aryl methyl sites for hydroxylation is 1. The van der Waals surface area contributed by atoms with Gasteiger partial charge in [0.2, 0.25) is 0 Å². The molecule has 2 aromatic rings. The first-order valence-electron chi connectivity index (χ1n) is 6.09. The van der Waals surface area contributed by atoms with E-state index in [4.69, 9.17) is 4.74 Å². The Morgan fingerprint density at radius 2 is 2.05 bits per heavy atom. The fraction of sp³-hybridized carbons (Fsp3) is 0.357. The second-order valence-corrected chi connectivity index (χ2v) is 5.63. The topological polar surface area (TPSA) is 34.1 Å². The average molecular weight is 280 g/mol. The molecule has 0 aliphatic carbocycles. The van der Waals surface area contributed by atoms with Crippen molar-refractivity contribution in [3.63, 3.8) is 0 Å². The molecular formula is C14H17FN2OS. The first-order chi connectivity index (χ1) is 9.10. The Labute approximate surface area is 116 Å². The standard InChI is InChI=1S/C14H17FN2OS/c1-9(8-18-3)16-14-17-13(10(2)19-14)11-4-6-12(15)7-5-11/h4-7,9H,8H2,1-3H3,(H,16,17)/t9-/m1/s1. The smallest absolute Gasteiger partial charge is 0.183 e. The molecule has 19 heavy (non-hydrogen) atoms. The number of thiazole rings is 1. The molecule has 0 fully saturated rings. The van der Waals surface area contributed by atoms with E-state index >= 15 is 0 Å². The summed E-state index contributed by atoms with van der Waals surface area (Å²) >= 11 is 1.60. The number of ether oxygens (including phenoxy) is 1. The molecule has 1 atom stereocenters. The van der Waals surface area contributed by atoms with E-state index in [0.29, 0.717) is 6.61 Å². The normalized spacial score (nSPS) is 12.4. The van der Waals surface area contributed by atoms with Crippen LogP contribution in [0.4, 0.5) is 9.52 Å². The van der Waals surface area contributed by atoms with Crippen LogP contribution < -0.4 is 5.32 Å². The molecular weight excluding hydrogens is 263 g/mol. The number of hydrogen-bond donors (Lipinski definition) is 1. The Morgan fingerprint density at radius 1 is 1.37 bits per heavy atom. The number of halogens is 1. The van der Waals surface area contributed by atoms with E-state index in [0.717, 1.165) is 21.3 Å². The minimum atomic E-state index is -0.233. The summed E-state index contributed by atoms with van der Waals surface area (Å²) in [6.45, 7) is 4.69. The van der Waals surface area contributed by atoms with Crippen molar-refractivity contribution in [2.24, 2.45) is 0 Å². The van der Waals surface area contributed by atoms with E-state index < -0.39 is 0 Å². The number of aromatic nitrogens is 1. The SMILES string of the molecule is COC[C@@H](C)Nc1nc(-c2ccc(F)cc2)c(C)s1. The summed E-state index contributed by atoms with van der Waals surface area (Å²) in [7, 11) is 1.68. The monoisotopic (exact) mass is 280 g/mol. The second-order valence-electron chi connectivity index (χ2n) is 4.43. The van der Waals surface area contributed by atoms with Gasteiger partial charge in [0, 0.05) is 23.6 Å². The number of methoxy groups -OCH3 is 1. The highest BCUT2D eigenvalue weighted by Gasteiger charge is 2.11. The lowest BCUT2D eigenvalue weighted by Crippen LogP contribution is -2.20. The molecule has 0 amide bonds. The minimum absolute atomic E-state index is 0.205. The minimum Gasteiger partial charge on any atom is -0.383 e. The molecule has 1 N–H and O–H groups in total. The molecule has 1 aromatic carbocycles. The predicted octanol–water partition coefficient (Wildman–Crippen LogP) is 3.70. The summed E-state index contributed by atoms with van der Waals surface area (Å²) in [5, 5.41) is 4.16. The fourth-order valence-corrected chi connectivity index (χ4v) is 2.78. The van der Waals surface area contributed by atoms with Gasteiger partial charge in [-0.1, -0.05) is 0 Å². The third-order valence-corrected chi connectivity index (χ3v) is 3.60. The Balaban J connectivity index is 2.19. The van der Waals surface area contributed by atoms with Crippen LogP contribution in [0, 0.1) is 12.7 Å². The molecule has 0 bridgehead atoms. The molecule has 1 aromatic heterocycles. The summed E-state index contributed by atoms with van der Waals surface area (Å²) < 4.78 is 18.0. The molecule has 0 saturated heterocycles. The van der Waals surface area contributed by atoms with E-state index in [-0.39, 0.29) is 11.9 Å². The third-order valence-electron chi connectivity index (χ3n) is 2.70. The van der Waals surface area contributed by atoms with Gasteiger partial charge in [-0.3, -0.25) is 0 Å². The Kier molecular flexibility index (Phi) is 4.50. The van der Waals surface area contributed by atoms with Crippen molar-refractivity contribution in [1.29, 1.82) is 0 Å². The number of nitrogens with one attached hydrogen (secondary N) is 1. The fourth-order valence-electron chi connectivity index (χ4n) is 1.84. The number of nitrogens with zero attached hydrogens (tertiary/aromatic N) is 1. The van der Waals surface area contributed by atoms with Gasteiger partial charge >= 0.3 is 0 Å². The highest BCUT2D eigenvalue weighted by molar-refractivity contribution is 7.16. The van der Waals surface area contributed by atoms with E-state index in [9.17, 15) is 4.39 Å². The van der Waals surface area contributed by atoms with Crippen LogP contribution in [0.5, 0.6) is 0 Å². The predicted molar refractivity (Wildman–Crippen MR) is 77.2 cm³/mol. The van der Waals surface area contributed by atoms with Crippen LogP contribution in [0.3, 0.4) is 0 Å². The molecule has 1 heterocycles. The van der Waals surface area contributed by atoms with Crippen LogP contribution in [0.2, 0.25) is 0 Å². The van der Waals surface area contributed by atoms with Crippen LogP contribution in [0.1, 0.15) is 11.8 Å². The van der Waals surface area contributed by atoms with E-state index in [2.05, 4.69) is 10.3 Å². The maximum atomic E-state index is 12.9. The van der Waals surface area contributed by atoms with Gasteiger partial charge in [0.1, 0.15) is 5.82 Å². The lowest BCUT2D eigenvalue weighted by Gasteiger charge is -2.10. The Bertz CT molecular complexity index is 539. The van der Waals surface area contributed by atoms with Crippen molar-refractivity contribution in [3.8, 4) is 11.3 Å². The Hall–Kier alpha value is -1.46. The van der Waals surface area contributed by atoms with Crippen LogP contribution >= 0.6 is 11.3 Å². The van der Waals surface area contributed by atoms with Gasteiger partial charge in [-0.15, -0.1) is 11.3 Å². The molecule has 102 valence electrons. The third kappa shape index (κ3) is 3.52. The highest BCUT2D eigenvalue weighted by atomic mass is 32.1. The van der Waals surface area contributed by atoms with Gasteiger partial charge in [-0.25, -0.2) is 9.37 Å². The van der Waals surface area contributed by atoms with Crippen molar-refractivity contribution in [1.82, 2.24) is 4.98 Å². The average Bonchev–Trinajstić information content (AvgIpc) is 2.71. The summed E-state index contributed by atoms with van der Waals surface area (Å²) in [6, 6.07) is 6.61. The molecule has 0 saturated carbocycles. The van der Waals surface area contributed by atoms with E-state index in [1.165, 1.54) is 12.1 Å². The molecule has 0 unspecified atom stereocenters. The van der Waals surface area contributed by atoms with Gasteiger partial charge in [-0.2, -0.15) is 0 Å².